The van der Waals surface area contributed by atoms with Crippen molar-refractivity contribution in [3.63, 3.8) is 0 Å². The van der Waals surface area contributed by atoms with Crippen molar-refractivity contribution in [1.29, 1.82) is 0 Å². The quantitative estimate of drug-likeness (QED) is 0.430. The zero-order chi connectivity index (χ0) is 26.5. The van der Waals surface area contributed by atoms with E-state index in [0.29, 0.717) is 11.3 Å². The number of benzene rings is 1. The lowest BCUT2D eigenvalue weighted by Crippen LogP contribution is -2.27. The lowest BCUT2D eigenvalue weighted by atomic mass is 9.82. The number of amides is 1. The number of nitrogens with zero attached hydrogens (tertiary/aromatic N) is 3. The molecule has 0 spiro atoms. The maximum Gasteiger partial charge on any atom is 0.419 e. The van der Waals surface area contributed by atoms with E-state index in [9.17, 15) is 22.8 Å². The van der Waals surface area contributed by atoms with Gasteiger partial charge in [-0.3, -0.25) is 9.59 Å². The van der Waals surface area contributed by atoms with Gasteiger partial charge in [0.25, 0.3) is 5.91 Å². The smallest absolute Gasteiger partial charge is 0.419 e. The molecule has 0 fully saturated rings. The van der Waals surface area contributed by atoms with Crippen LogP contribution in [0.4, 0.5) is 18.9 Å². The monoisotopic (exact) mass is 503 g/mol. The second-order valence-corrected chi connectivity index (χ2v) is 9.22. The highest BCUT2D eigenvalue weighted by Gasteiger charge is 2.32. The average Bonchev–Trinajstić information content (AvgIpc) is 3.33. The number of esters is 1. The van der Waals surface area contributed by atoms with Crippen LogP contribution in [0.3, 0.4) is 0 Å². The van der Waals surface area contributed by atoms with Gasteiger partial charge in [0, 0.05) is 18.3 Å². The van der Waals surface area contributed by atoms with Crippen molar-refractivity contribution in [3.05, 3.63) is 71.7 Å². The molecule has 2 heterocycles. The van der Waals surface area contributed by atoms with Crippen LogP contribution >= 0.6 is 0 Å². The molecule has 0 aliphatic heterocycles. The van der Waals surface area contributed by atoms with E-state index in [1.54, 1.807) is 24.3 Å². The number of ether oxygens (including phenoxy) is 1. The predicted molar refractivity (Wildman–Crippen MR) is 128 cm³/mol. The minimum absolute atomic E-state index is 0.0903. The molecule has 0 radical (unpaired) electrons. The van der Waals surface area contributed by atoms with Crippen molar-refractivity contribution in [1.82, 2.24) is 20.1 Å². The van der Waals surface area contributed by atoms with Crippen LogP contribution < -0.4 is 10.6 Å². The lowest BCUT2D eigenvalue weighted by Gasteiger charge is -2.33. The van der Waals surface area contributed by atoms with E-state index in [-0.39, 0.29) is 36.1 Å². The van der Waals surface area contributed by atoms with E-state index in [4.69, 9.17) is 0 Å². The zero-order valence-corrected chi connectivity index (χ0v) is 20.4. The third kappa shape index (κ3) is 6.83. The summed E-state index contributed by atoms with van der Waals surface area (Å²) >= 11 is 0. The SMILES string of the molecule is COC(=O)CCNC(=O)c1ccc(C(Nc2ccc(-n3cc(C(F)(F)F)cn3)nc2)C(C)(C)C)cc1. The van der Waals surface area contributed by atoms with E-state index < -0.39 is 17.7 Å². The highest BCUT2D eigenvalue weighted by molar-refractivity contribution is 5.94. The summed E-state index contributed by atoms with van der Waals surface area (Å²) in [7, 11) is 1.29. The fourth-order valence-corrected chi connectivity index (χ4v) is 3.48. The molecule has 192 valence electrons. The van der Waals surface area contributed by atoms with Crippen LogP contribution in [0.5, 0.6) is 0 Å². The van der Waals surface area contributed by atoms with E-state index in [2.05, 4.69) is 46.2 Å². The Balaban J connectivity index is 1.71. The maximum atomic E-state index is 12.8. The Morgan fingerprint density at radius 1 is 1.06 bits per heavy atom. The Bertz CT molecular complexity index is 1180. The van der Waals surface area contributed by atoms with E-state index in [1.807, 2.05) is 12.1 Å². The topological polar surface area (TPSA) is 98.1 Å². The molecular weight excluding hydrogens is 475 g/mol. The highest BCUT2D eigenvalue weighted by Crippen LogP contribution is 2.36. The number of rotatable bonds is 8. The second kappa shape index (κ2) is 10.8. The number of methoxy groups -OCH3 is 1. The summed E-state index contributed by atoms with van der Waals surface area (Å²) in [5, 5.41) is 9.84. The first-order valence-corrected chi connectivity index (χ1v) is 11.2. The molecule has 2 aromatic heterocycles. The third-order valence-electron chi connectivity index (χ3n) is 5.42. The van der Waals surface area contributed by atoms with Crippen molar-refractivity contribution in [3.8, 4) is 5.82 Å². The molecule has 0 bridgehead atoms. The number of halogens is 3. The van der Waals surface area contributed by atoms with Crippen molar-refractivity contribution in [2.45, 2.75) is 39.4 Å². The summed E-state index contributed by atoms with van der Waals surface area (Å²) in [6.45, 7) is 6.35. The molecule has 1 amide bonds. The van der Waals surface area contributed by atoms with Crippen molar-refractivity contribution < 1.29 is 27.5 Å². The minimum Gasteiger partial charge on any atom is -0.469 e. The molecule has 0 saturated carbocycles. The molecule has 1 aromatic carbocycles. The third-order valence-corrected chi connectivity index (χ3v) is 5.42. The molecule has 8 nitrogen and oxygen atoms in total. The molecule has 3 aromatic rings. The first kappa shape index (κ1) is 26.7. The summed E-state index contributed by atoms with van der Waals surface area (Å²) in [5.41, 5.74) is 0.984. The van der Waals surface area contributed by atoms with Gasteiger partial charge in [-0.25, -0.2) is 9.67 Å². The first-order chi connectivity index (χ1) is 16.9. The Morgan fingerprint density at radius 3 is 2.28 bits per heavy atom. The number of nitrogens with one attached hydrogen (secondary N) is 2. The standard InChI is InChI=1S/C25H28F3N5O3/c1-24(2,3)22(16-5-7-17(8-6-16)23(35)29-12-11-21(34)36-4)32-19-9-10-20(30-14-19)33-15-18(13-31-33)25(26,27)28/h5-10,13-15,22,32H,11-12H2,1-4H3,(H,29,35). The van der Waals surface area contributed by atoms with Gasteiger partial charge >= 0.3 is 12.1 Å². The molecule has 0 aliphatic carbocycles. The van der Waals surface area contributed by atoms with Crippen LogP contribution in [0.1, 0.15) is 54.7 Å². The van der Waals surface area contributed by atoms with Gasteiger partial charge in [-0.1, -0.05) is 32.9 Å². The molecule has 2 N–H and O–H groups in total. The van der Waals surface area contributed by atoms with Gasteiger partial charge in [0.15, 0.2) is 5.82 Å². The van der Waals surface area contributed by atoms with E-state index in [0.717, 1.165) is 22.6 Å². The summed E-state index contributed by atoms with van der Waals surface area (Å²) < 4.78 is 44.2. The average molecular weight is 504 g/mol. The molecule has 36 heavy (non-hydrogen) atoms. The van der Waals surface area contributed by atoms with E-state index >= 15 is 0 Å². The summed E-state index contributed by atoms with van der Waals surface area (Å²) in [4.78, 5) is 27.8. The molecule has 1 atom stereocenters. The van der Waals surface area contributed by atoms with Gasteiger partial charge in [0.2, 0.25) is 0 Å². The Labute approximate surface area is 206 Å². The normalized spacial score (nSPS) is 12.6. The number of alkyl halides is 3. The largest absolute Gasteiger partial charge is 0.469 e. The van der Waals surface area contributed by atoms with Crippen LogP contribution in [0.2, 0.25) is 0 Å². The van der Waals surface area contributed by atoms with Crippen LogP contribution in [-0.4, -0.2) is 40.3 Å². The summed E-state index contributed by atoms with van der Waals surface area (Å²) in [5.74, 6) is -0.438. The zero-order valence-electron chi connectivity index (χ0n) is 20.4. The van der Waals surface area contributed by atoms with E-state index in [1.165, 1.54) is 13.3 Å². The summed E-state index contributed by atoms with van der Waals surface area (Å²) in [6.07, 6.45) is -1.20. The fourth-order valence-electron chi connectivity index (χ4n) is 3.48. The van der Waals surface area contributed by atoms with Gasteiger partial charge < -0.3 is 15.4 Å². The molecule has 11 heteroatoms. The van der Waals surface area contributed by atoms with Gasteiger partial charge in [-0.2, -0.15) is 18.3 Å². The Hall–Kier alpha value is -3.89. The number of pyridine rings is 1. The number of hydrogen-bond acceptors (Lipinski definition) is 6. The molecule has 0 saturated heterocycles. The number of carbonyl (C=O) groups excluding carboxylic acids is 2. The summed E-state index contributed by atoms with van der Waals surface area (Å²) in [6, 6.07) is 10.3. The van der Waals surface area contributed by atoms with Gasteiger partial charge in [-0.05, 0) is 35.2 Å². The number of aromatic nitrogens is 3. The highest BCUT2D eigenvalue weighted by atomic mass is 19.4. The number of carbonyl (C=O) groups is 2. The minimum atomic E-state index is -4.47. The predicted octanol–water partition coefficient (Wildman–Crippen LogP) is 4.78. The molecule has 1 unspecified atom stereocenters. The van der Waals surface area contributed by atoms with Crippen molar-refractivity contribution in [2.24, 2.45) is 5.41 Å². The Kier molecular flexibility index (Phi) is 8.01. The van der Waals surface area contributed by atoms with Gasteiger partial charge in [0.05, 0.1) is 43.2 Å². The number of hydrogen-bond donors (Lipinski definition) is 2. The van der Waals surface area contributed by atoms with Crippen LogP contribution in [0.15, 0.2) is 55.0 Å². The van der Waals surface area contributed by atoms with Crippen LogP contribution in [0.25, 0.3) is 5.82 Å². The second-order valence-electron chi connectivity index (χ2n) is 9.22. The van der Waals surface area contributed by atoms with Gasteiger partial charge in [0.1, 0.15) is 0 Å². The van der Waals surface area contributed by atoms with Crippen LogP contribution in [-0.2, 0) is 15.7 Å². The lowest BCUT2D eigenvalue weighted by molar-refractivity contribution is -0.140. The fraction of sp³-hybridized carbons (Fsp3) is 0.360. The van der Waals surface area contributed by atoms with Crippen molar-refractivity contribution >= 4 is 17.6 Å². The first-order valence-electron chi connectivity index (χ1n) is 11.2. The van der Waals surface area contributed by atoms with Gasteiger partial charge in [-0.15, -0.1) is 0 Å². The number of anilines is 1. The van der Waals surface area contributed by atoms with Crippen LogP contribution in [0, 0.1) is 5.41 Å². The molecule has 3 rings (SSSR count). The maximum absolute atomic E-state index is 12.8. The molecule has 0 aliphatic rings. The van der Waals surface area contributed by atoms with Crippen molar-refractivity contribution in [2.75, 3.05) is 19.0 Å². The molecular formula is C25H28F3N5O3. The Morgan fingerprint density at radius 2 is 1.75 bits per heavy atom.